The molecule has 2 aromatic rings. The molecule has 0 N–H and O–H groups in total. The van der Waals surface area contributed by atoms with Gasteiger partial charge in [-0.3, -0.25) is 0 Å². The summed E-state index contributed by atoms with van der Waals surface area (Å²) in [7, 11) is 0. The van der Waals surface area contributed by atoms with Gasteiger partial charge in [0.15, 0.2) is 0 Å². The van der Waals surface area contributed by atoms with Gasteiger partial charge in [0.25, 0.3) is 0 Å². The Kier molecular flexibility index (Phi) is 4.79. The lowest BCUT2D eigenvalue weighted by Crippen LogP contribution is -2.07. The minimum absolute atomic E-state index is 0.130. The van der Waals surface area contributed by atoms with Crippen molar-refractivity contribution in [2.24, 2.45) is 0 Å². The first-order valence-corrected chi connectivity index (χ1v) is 7.43. The molecule has 0 nitrogen and oxygen atoms in total. The fourth-order valence-corrected chi connectivity index (χ4v) is 2.88. The zero-order valence-electron chi connectivity index (χ0n) is 9.53. The average Bonchev–Trinajstić information content (AvgIpc) is 2.34. The Labute approximate surface area is 142 Å². The van der Waals surface area contributed by atoms with Gasteiger partial charge in [0.05, 0.1) is 20.6 Å². The van der Waals surface area contributed by atoms with Crippen LogP contribution in [0.25, 0.3) is 11.1 Å². The van der Waals surface area contributed by atoms with Crippen molar-refractivity contribution in [2.45, 2.75) is 6.18 Å². The van der Waals surface area contributed by atoms with Gasteiger partial charge < -0.3 is 0 Å². The Morgan fingerprint density at radius 3 is 1.90 bits per heavy atom. The van der Waals surface area contributed by atoms with Crippen LogP contribution in [0, 0.1) is 3.57 Å². The van der Waals surface area contributed by atoms with E-state index in [1.54, 1.807) is 28.7 Å². The second-order valence-electron chi connectivity index (χ2n) is 3.95. The third-order valence-corrected chi connectivity index (χ3v) is 4.73. The molecular formula is C13H5Cl3F3I. The minimum atomic E-state index is -4.41. The highest BCUT2D eigenvalue weighted by Crippen LogP contribution is 2.38. The molecule has 20 heavy (non-hydrogen) atoms. The van der Waals surface area contributed by atoms with E-state index in [0.717, 1.165) is 6.07 Å². The smallest absolute Gasteiger partial charge is 0.166 e. The van der Waals surface area contributed by atoms with Gasteiger partial charge >= 0.3 is 6.18 Å². The van der Waals surface area contributed by atoms with Crippen LogP contribution in [0.3, 0.4) is 0 Å². The van der Waals surface area contributed by atoms with Crippen LogP contribution >= 0.6 is 57.4 Å². The Hall–Kier alpha value is -0.170. The first-order chi connectivity index (χ1) is 9.20. The van der Waals surface area contributed by atoms with E-state index in [-0.39, 0.29) is 18.6 Å². The molecule has 0 saturated heterocycles. The number of rotatable bonds is 1. The summed E-state index contributed by atoms with van der Waals surface area (Å²) >= 11 is 19.2. The summed E-state index contributed by atoms with van der Waals surface area (Å²) in [5.41, 5.74) is 0.155. The Morgan fingerprint density at radius 2 is 1.40 bits per heavy atom. The van der Waals surface area contributed by atoms with Crippen LogP contribution in [0.1, 0.15) is 5.56 Å². The Balaban J connectivity index is 2.60. The van der Waals surface area contributed by atoms with Crippen LogP contribution in [0.4, 0.5) is 13.2 Å². The summed E-state index contributed by atoms with van der Waals surface area (Å²) in [5, 5.41) is 0.571. The molecule has 2 rings (SSSR count). The maximum Gasteiger partial charge on any atom is 0.417 e. The molecule has 7 heteroatoms. The van der Waals surface area contributed by atoms with Crippen LogP contribution in [0.15, 0.2) is 30.3 Å². The normalized spacial score (nSPS) is 11.8. The van der Waals surface area contributed by atoms with Crippen molar-refractivity contribution in [3.8, 4) is 11.1 Å². The molecule has 0 atom stereocenters. The molecule has 0 bridgehead atoms. The molecule has 0 saturated carbocycles. The number of benzene rings is 2. The van der Waals surface area contributed by atoms with Gasteiger partial charge in [-0.25, -0.2) is 0 Å². The molecule has 0 unspecified atom stereocenters. The van der Waals surface area contributed by atoms with Gasteiger partial charge in [0.1, 0.15) is 0 Å². The van der Waals surface area contributed by atoms with Crippen molar-refractivity contribution in [1.29, 1.82) is 0 Å². The molecule has 0 radical (unpaired) electrons. The highest BCUT2D eigenvalue weighted by molar-refractivity contribution is 14.1. The summed E-state index contributed by atoms with van der Waals surface area (Å²) in [6.45, 7) is 0. The van der Waals surface area contributed by atoms with Crippen molar-refractivity contribution in [1.82, 2.24) is 0 Å². The third kappa shape index (κ3) is 3.35. The predicted octanol–water partition coefficient (Wildman–Crippen LogP) is 6.94. The molecule has 0 aliphatic rings. The van der Waals surface area contributed by atoms with E-state index in [1.807, 2.05) is 0 Å². The second-order valence-corrected chi connectivity index (χ2v) is 6.30. The summed E-state index contributed by atoms with van der Waals surface area (Å²) in [4.78, 5) is 0. The molecule has 106 valence electrons. The molecule has 0 aliphatic heterocycles. The van der Waals surface area contributed by atoms with E-state index < -0.39 is 11.7 Å². The van der Waals surface area contributed by atoms with E-state index in [0.29, 0.717) is 11.1 Å². The van der Waals surface area contributed by atoms with Gasteiger partial charge in [-0.05, 0) is 58.0 Å². The van der Waals surface area contributed by atoms with Crippen LogP contribution in [-0.2, 0) is 6.18 Å². The topological polar surface area (TPSA) is 0 Å². The number of hydrogen-bond acceptors (Lipinski definition) is 0. The average molecular weight is 451 g/mol. The summed E-state index contributed by atoms with van der Waals surface area (Å²) < 4.78 is 38.8. The quantitative estimate of drug-likeness (QED) is 0.326. The van der Waals surface area contributed by atoms with Gasteiger partial charge in [0, 0.05) is 3.57 Å². The van der Waals surface area contributed by atoms with Gasteiger partial charge in [0.2, 0.25) is 0 Å². The van der Waals surface area contributed by atoms with Gasteiger partial charge in [-0.1, -0.05) is 40.9 Å². The minimum Gasteiger partial charge on any atom is -0.166 e. The van der Waals surface area contributed by atoms with Crippen LogP contribution in [0.5, 0.6) is 0 Å². The van der Waals surface area contributed by atoms with E-state index >= 15 is 0 Å². The maximum absolute atomic E-state index is 12.9. The van der Waals surface area contributed by atoms with Gasteiger partial charge in [-0.2, -0.15) is 13.2 Å². The lowest BCUT2D eigenvalue weighted by molar-refractivity contribution is -0.138. The van der Waals surface area contributed by atoms with Crippen LogP contribution < -0.4 is 0 Å². The lowest BCUT2D eigenvalue weighted by Gasteiger charge is -2.12. The zero-order valence-corrected chi connectivity index (χ0v) is 14.0. The maximum atomic E-state index is 12.9. The SMILES string of the molecule is FC(F)(F)c1cc(-c2cc(Cl)c(Cl)c(Cl)c2)ccc1I. The van der Waals surface area contributed by atoms with Crippen molar-refractivity contribution in [3.63, 3.8) is 0 Å². The molecule has 0 aliphatic carbocycles. The largest absolute Gasteiger partial charge is 0.417 e. The zero-order chi connectivity index (χ0) is 15.1. The van der Waals surface area contributed by atoms with Crippen molar-refractivity contribution >= 4 is 57.4 Å². The fourth-order valence-electron chi connectivity index (χ4n) is 1.64. The van der Waals surface area contributed by atoms with E-state index in [2.05, 4.69) is 0 Å². The first-order valence-electron chi connectivity index (χ1n) is 5.22. The highest BCUT2D eigenvalue weighted by Gasteiger charge is 2.33. The number of hydrogen-bond donors (Lipinski definition) is 0. The number of alkyl halides is 3. The van der Waals surface area contributed by atoms with Gasteiger partial charge in [-0.15, -0.1) is 0 Å². The van der Waals surface area contributed by atoms with E-state index in [9.17, 15) is 13.2 Å². The van der Waals surface area contributed by atoms with Crippen LogP contribution in [0.2, 0.25) is 15.1 Å². The summed E-state index contributed by atoms with van der Waals surface area (Å²) in [5.74, 6) is 0. The second kappa shape index (κ2) is 5.91. The molecule has 0 fully saturated rings. The molecule has 0 amide bonds. The molecule has 0 spiro atoms. The molecule has 2 aromatic carbocycles. The Morgan fingerprint density at radius 1 is 0.850 bits per heavy atom. The first kappa shape index (κ1) is 16.2. The highest BCUT2D eigenvalue weighted by atomic mass is 127. The molecular weight excluding hydrogens is 446 g/mol. The van der Waals surface area contributed by atoms with Crippen molar-refractivity contribution in [2.75, 3.05) is 0 Å². The fraction of sp³-hybridized carbons (Fsp3) is 0.0769. The summed E-state index contributed by atoms with van der Waals surface area (Å²) in [6, 6.07) is 7.01. The van der Waals surface area contributed by atoms with E-state index in [4.69, 9.17) is 34.8 Å². The third-order valence-electron chi connectivity index (χ3n) is 2.59. The molecule has 0 aromatic heterocycles. The Bertz CT molecular complexity index is 645. The lowest BCUT2D eigenvalue weighted by atomic mass is 10.0. The predicted molar refractivity (Wildman–Crippen MR) is 84.6 cm³/mol. The van der Waals surface area contributed by atoms with E-state index in [1.165, 1.54) is 18.2 Å². The van der Waals surface area contributed by atoms with Crippen LogP contribution in [-0.4, -0.2) is 0 Å². The number of halogens is 7. The summed E-state index contributed by atoms with van der Waals surface area (Å²) in [6.07, 6.45) is -4.41. The van der Waals surface area contributed by atoms with Crippen molar-refractivity contribution < 1.29 is 13.2 Å². The van der Waals surface area contributed by atoms with Crippen molar-refractivity contribution in [3.05, 3.63) is 54.5 Å². The molecule has 0 heterocycles. The standard InChI is InChI=1S/C13H5Cl3F3I/c14-9-4-7(5-10(15)12(9)16)6-1-2-11(20)8(3-6)13(17,18)19/h1-5H. The monoisotopic (exact) mass is 450 g/mol.